The first-order chi connectivity index (χ1) is 10.1. The number of hydrogen-bond acceptors (Lipinski definition) is 3. The summed E-state index contributed by atoms with van der Waals surface area (Å²) in [6.07, 6.45) is 3.97. The normalized spacial score (nSPS) is 21.6. The van der Waals surface area contributed by atoms with E-state index in [2.05, 4.69) is 12.2 Å². The third-order valence-corrected chi connectivity index (χ3v) is 3.88. The Bertz CT molecular complexity index is 507. The first-order valence-electron chi connectivity index (χ1n) is 7.30. The second-order valence-electron chi connectivity index (χ2n) is 5.62. The van der Waals surface area contributed by atoms with E-state index in [-0.39, 0.29) is 11.8 Å². The Balaban J connectivity index is 1.98. The van der Waals surface area contributed by atoms with Crippen LogP contribution in [0, 0.1) is 11.8 Å². The number of nitrogens with one attached hydrogen (secondary N) is 1. The number of carboxylic acid groups (broad SMARTS) is 1. The quantitative estimate of drug-likeness (QED) is 0.874. The van der Waals surface area contributed by atoms with Crippen molar-refractivity contribution in [2.24, 2.45) is 11.8 Å². The Labute approximate surface area is 124 Å². The number of anilines is 1. The zero-order valence-electron chi connectivity index (χ0n) is 12.2. The van der Waals surface area contributed by atoms with Gasteiger partial charge >= 0.3 is 5.97 Å². The molecule has 1 aromatic carbocycles. The SMILES string of the molecule is CC1CCC(C(=O)Nc2ccccc2OCC(=O)O)CC1. The van der Waals surface area contributed by atoms with Crippen LogP contribution < -0.4 is 10.1 Å². The zero-order chi connectivity index (χ0) is 15.2. The number of amides is 1. The van der Waals surface area contributed by atoms with Gasteiger partial charge in [-0.25, -0.2) is 4.79 Å². The van der Waals surface area contributed by atoms with Crippen LogP contribution in [0.1, 0.15) is 32.6 Å². The van der Waals surface area contributed by atoms with Gasteiger partial charge < -0.3 is 15.2 Å². The molecule has 1 aromatic rings. The molecule has 0 bridgehead atoms. The number of benzene rings is 1. The van der Waals surface area contributed by atoms with Gasteiger partial charge in [-0.3, -0.25) is 4.79 Å². The monoisotopic (exact) mass is 291 g/mol. The molecule has 1 aliphatic rings. The van der Waals surface area contributed by atoms with E-state index in [0.717, 1.165) is 25.7 Å². The van der Waals surface area contributed by atoms with Gasteiger partial charge in [-0.1, -0.05) is 19.1 Å². The fraction of sp³-hybridized carbons (Fsp3) is 0.500. The first kappa shape index (κ1) is 15.4. The molecule has 0 heterocycles. The van der Waals surface area contributed by atoms with Crippen molar-refractivity contribution < 1.29 is 19.4 Å². The lowest BCUT2D eigenvalue weighted by atomic mass is 9.82. The summed E-state index contributed by atoms with van der Waals surface area (Å²) >= 11 is 0. The first-order valence-corrected chi connectivity index (χ1v) is 7.30. The summed E-state index contributed by atoms with van der Waals surface area (Å²) in [6.45, 7) is 1.79. The van der Waals surface area contributed by atoms with Crippen molar-refractivity contribution in [3.05, 3.63) is 24.3 Å². The van der Waals surface area contributed by atoms with Crippen LogP contribution in [0.2, 0.25) is 0 Å². The maximum absolute atomic E-state index is 12.3. The number of carboxylic acids is 1. The van der Waals surface area contributed by atoms with Crippen LogP contribution in [0.15, 0.2) is 24.3 Å². The van der Waals surface area contributed by atoms with E-state index in [9.17, 15) is 9.59 Å². The summed E-state index contributed by atoms with van der Waals surface area (Å²) in [5.74, 6) is 0.0667. The summed E-state index contributed by atoms with van der Waals surface area (Å²) in [5, 5.41) is 11.5. The third kappa shape index (κ3) is 4.48. The molecular formula is C16H21NO4. The highest BCUT2D eigenvalue weighted by Gasteiger charge is 2.24. The molecule has 5 heteroatoms. The molecule has 0 aliphatic heterocycles. The average Bonchev–Trinajstić information content (AvgIpc) is 2.47. The van der Waals surface area contributed by atoms with Gasteiger partial charge in [0.2, 0.25) is 5.91 Å². The number of ether oxygens (including phenoxy) is 1. The molecule has 1 aliphatic carbocycles. The molecule has 1 saturated carbocycles. The Morgan fingerprint density at radius 3 is 2.57 bits per heavy atom. The van der Waals surface area contributed by atoms with Crippen molar-refractivity contribution in [1.29, 1.82) is 0 Å². The summed E-state index contributed by atoms with van der Waals surface area (Å²) in [5.41, 5.74) is 0.530. The summed E-state index contributed by atoms with van der Waals surface area (Å²) < 4.78 is 5.19. The molecule has 1 fully saturated rings. The van der Waals surface area contributed by atoms with E-state index in [4.69, 9.17) is 9.84 Å². The Morgan fingerprint density at radius 2 is 1.90 bits per heavy atom. The minimum Gasteiger partial charge on any atom is -0.480 e. The van der Waals surface area contributed by atoms with Gasteiger partial charge in [0.05, 0.1) is 5.69 Å². The average molecular weight is 291 g/mol. The fourth-order valence-electron chi connectivity index (χ4n) is 2.59. The van der Waals surface area contributed by atoms with Crippen molar-refractivity contribution in [2.45, 2.75) is 32.6 Å². The van der Waals surface area contributed by atoms with Gasteiger partial charge in [-0.05, 0) is 43.7 Å². The lowest BCUT2D eigenvalue weighted by Gasteiger charge is -2.25. The summed E-state index contributed by atoms with van der Waals surface area (Å²) in [4.78, 5) is 22.9. The lowest BCUT2D eigenvalue weighted by Crippen LogP contribution is -2.26. The third-order valence-electron chi connectivity index (χ3n) is 3.88. The Hall–Kier alpha value is -2.04. The van der Waals surface area contributed by atoms with E-state index >= 15 is 0 Å². The van der Waals surface area contributed by atoms with Crippen LogP contribution in [-0.2, 0) is 9.59 Å². The highest BCUT2D eigenvalue weighted by molar-refractivity contribution is 5.94. The number of rotatable bonds is 5. The maximum atomic E-state index is 12.3. The summed E-state index contributed by atoms with van der Waals surface area (Å²) in [6, 6.07) is 6.91. The van der Waals surface area contributed by atoms with Gasteiger partial charge in [0.1, 0.15) is 5.75 Å². The van der Waals surface area contributed by atoms with Gasteiger partial charge in [0.15, 0.2) is 6.61 Å². The van der Waals surface area contributed by atoms with Crippen LogP contribution >= 0.6 is 0 Å². The van der Waals surface area contributed by atoms with Gasteiger partial charge in [-0.15, -0.1) is 0 Å². The van der Waals surface area contributed by atoms with Gasteiger partial charge in [0, 0.05) is 5.92 Å². The molecule has 2 rings (SSSR count). The predicted molar refractivity (Wildman–Crippen MR) is 79.3 cm³/mol. The zero-order valence-corrected chi connectivity index (χ0v) is 12.2. The molecule has 0 unspecified atom stereocenters. The van der Waals surface area contributed by atoms with Crippen LogP contribution in [0.25, 0.3) is 0 Å². The Kier molecular flexibility index (Phi) is 5.20. The van der Waals surface area contributed by atoms with Crippen molar-refractivity contribution in [3.63, 3.8) is 0 Å². The number of aliphatic carboxylic acids is 1. The standard InChI is InChI=1S/C16H21NO4/c1-11-6-8-12(9-7-11)16(20)17-13-4-2-3-5-14(13)21-10-15(18)19/h2-5,11-12H,6-10H2,1H3,(H,17,20)(H,18,19). The molecule has 0 atom stereocenters. The van der Waals surface area contributed by atoms with Gasteiger partial charge in [0.25, 0.3) is 0 Å². The van der Waals surface area contributed by atoms with Crippen molar-refractivity contribution in [1.82, 2.24) is 0 Å². The van der Waals surface area contributed by atoms with E-state index < -0.39 is 12.6 Å². The van der Waals surface area contributed by atoms with Crippen LogP contribution in [0.4, 0.5) is 5.69 Å². The van der Waals surface area contributed by atoms with Crippen LogP contribution in [0.5, 0.6) is 5.75 Å². The molecule has 0 spiro atoms. The minimum absolute atomic E-state index is 0.00623. The minimum atomic E-state index is -1.04. The number of hydrogen-bond donors (Lipinski definition) is 2. The van der Waals surface area contributed by atoms with Gasteiger partial charge in [-0.2, -0.15) is 0 Å². The van der Waals surface area contributed by atoms with E-state index in [1.54, 1.807) is 24.3 Å². The molecule has 21 heavy (non-hydrogen) atoms. The van der Waals surface area contributed by atoms with E-state index in [1.807, 2.05) is 0 Å². The molecule has 0 saturated heterocycles. The van der Waals surface area contributed by atoms with Crippen LogP contribution in [-0.4, -0.2) is 23.6 Å². The second kappa shape index (κ2) is 7.11. The molecule has 1 amide bonds. The van der Waals surface area contributed by atoms with E-state index in [0.29, 0.717) is 17.4 Å². The smallest absolute Gasteiger partial charge is 0.341 e. The topological polar surface area (TPSA) is 75.6 Å². The van der Waals surface area contributed by atoms with Crippen molar-refractivity contribution >= 4 is 17.6 Å². The van der Waals surface area contributed by atoms with Crippen molar-refractivity contribution in [3.8, 4) is 5.75 Å². The predicted octanol–water partition coefficient (Wildman–Crippen LogP) is 2.91. The summed E-state index contributed by atoms with van der Waals surface area (Å²) in [7, 11) is 0. The number of carbonyl (C=O) groups is 2. The molecular weight excluding hydrogens is 270 g/mol. The fourth-order valence-corrected chi connectivity index (χ4v) is 2.59. The molecule has 114 valence electrons. The maximum Gasteiger partial charge on any atom is 0.341 e. The molecule has 2 N–H and O–H groups in total. The lowest BCUT2D eigenvalue weighted by molar-refractivity contribution is -0.139. The molecule has 5 nitrogen and oxygen atoms in total. The molecule has 0 radical (unpaired) electrons. The highest BCUT2D eigenvalue weighted by atomic mass is 16.5. The Morgan fingerprint density at radius 1 is 1.24 bits per heavy atom. The number of para-hydroxylation sites is 2. The van der Waals surface area contributed by atoms with Crippen LogP contribution in [0.3, 0.4) is 0 Å². The second-order valence-corrected chi connectivity index (χ2v) is 5.62. The largest absolute Gasteiger partial charge is 0.480 e. The highest BCUT2D eigenvalue weighted by Crippen LogP contribution is 2.30. The number of carbonyl (C=O) groups excluding carboxylic acids is 1. The van der Waals surface area contributed by atoms with Crippen molar-refractivity contribution in [2.75, 3.05) is 11.9 Å². The molecule has 0 aromatic heterocycles. The van der Waals surface area contributed by atoms with E-state index in [1.165, 1.54) is 0 Å².